The molecule has 0 bridgehead atoms. The zero-order chi connectivity index (χ0) is 25.6. The summed E-state index contributed by atoms with van der Waals surface area (Å²) < 4.78 is 0. The molecule has 1 aliphatic carbocycles. The maximum absolute atomic E-state index is 4.81. The first-order valence-corrected chi connectivity index (χ1v) is 12.7. The van der Waals surface area contributed by atoms with Crippen molar-refractivity contribution < 1.29 is 20.1 Å². The third kappa shape index (κ3) is 4.84. The van der Waals surface area contributed by atoms with E-state index in [0.29, 0.717) is 17.5 Å². The molecule has 0 unspecified atom stereocenters. The Morgan fingerprint density at radius 1 is 0.632 bits per heavy atom. The molecule has 4 nitrogen and oxygen atoms in total. The summed E-state index contributed by atoms with van der Waals surface area (Å²) in [5.41, 5.74) is 7.75. The number of hydrogen-bond donors (Lipinski definition) is 0. The predicted octanol–water partition coefficient (Wildman–Crippen LogP) is 7.69. The monoisotopic (exact) mass is 674 g/mol. The van der Waals surface area contributed by atoms with Crippen LogP contribution in [-0.4, -0.2) is 19.9 Å². The molecular weight excluding hydrogens is 645 g/mol. The molecule has 0 fully saturated rings. The van der Waals surface area contributed by atoms with Crippen LogP contribution in [0.25, 0.3) is 45.4 Å². The van der Waals surface area contributed by atoms with Crippen LogP contribution in [0.1, 0.15) is 45.2 Å². The van der Waals surface area contributed by atoms with Crippen molar-refractivity contribution in [2.24, 2.45) is 0 Å². The largest absolute Gasteiger partial charge is 0.304 e. The second kappa shape index (κ2) is 9.98. The summed E-state index contributed by atoms with van der Waals surface area (Å²) in [5, 5.41) is 0. The van der Waals surface area contributed by atoms with Gasteiger partial charge >= 0.3 is 0 Å². The Hall–Kier alpha value is -3.53. The Morgan fingerprint density at radius 3 is 1.68 bits per heavy atom. The number of pyridine rings is 1. The molecule has 0 N–H and O–H groups in total. The van der Waals surface area contributed by atoms with Gasteiger partial charge in [0.15, 0.2) is 17.5 Å². The summed E-state index contributed by atoms with van der Waals surface area (Å²) in [4.78, 5) is 19.2. The average Bonchev–Trinajstić information content (AvgIpc) is 3.12. The molecule has 2 aromatic heterocycles. The first-order chi connectivity index (χ1) is 17.8. The van der Waals surface area contributed by atoms with Crippen LogP contribution in [0, 0.1) is 6.07 Å². The van der Waals surface area contributed by atoms with E-state index in [1.807, 2.05) is 79.0 Å². The Kier molecular flexibility index (Phi) is 6.85. The van der Waals surface area contributed by atoms with Crippen molar-refractivity contribution in [3.05, 3.63) is 108 Å². The van der Waals surface area contributed by atoms with Crippen LogP contribution in [0.2, 0.25) is 0 Å². The van der Waals surface area contributed by atoms with Crippen molar-refractivity contribution in [2.75, 3.05) is 0 Å². The molecule has 0 saturated heterocycles. The summed E-state index contributed by atoms with van der Waals surface area (Å²) in [6.07, 6.45) is 2.98. The molecular formula is C33H29IrN4-. The van der Waals surface area contributed by atoms with Crippen LogP contribution in [0.15, 0.2) is 91.1 Å². The van der Waals surface area contributed by atoms with Gasteiger partial charge in [0.05, 0.1) is 0 Å². The Morgan fingerprint density at radius 2 is 1.16 bits per heavy atom. The average molecular weight is 674 g/mol. The standard InChI is InChI=1S/C33H29N4.Ir/c1-32(2)21-33(3,4)27-19-24(15-17-26(27)32)28-18-16-25(20-34-28)31-36-29(22-11-7-5-8-12-22)35-30(37-31)23-13-9-6-10-14-23;/h5-14,16-20H,21H2,1-4H3;/q-1;. The summed E-state index contributed by atoms with van der Waals surface area (Å²) in [5.74, 6) is 1.89. The predicted molar refractivity (Wildman–Crippen MR) is 149 cm³/mol. The van der Waals surface area contributed by atoms with Crippen LogP contribution < -0.4 is 0 Å². The third-order valence-electron chi connectivity index (χ3n) is 7.29. The van der Waals surface area contributed by atoms with Gasteiger partial charge in [0, 0.05) is 43.0 Å². The van der Waals surface area contributed by atoms with E-state index in [4.69, 9.17) is 19.9 Å². The molecule has 0 spiro atoms. The van der Waals surface area contributed by atoms with Gasteiger partial charge in [0.25, 0.3) is 0 Å². The van der Waals surface area contributed by atoms with Crippen LogP contribution in [0.3, 0.4) is 0 Å². The first kappa shape index (κ1) is 26.1. The van der Waals surface area contributed by atoms with E-state index >= 15 is 0 Å². The van der Waals surface area contributed by atoms with Crippen molar-refractivity contribution in [3.8, 4) is 45.4 Å². The van der Waals surface area contributed by atoms with Gasteiger partial charge in [-0.2, -0.15) is 0 Å². The molecule has 1 radical (unpaired) electrons. The van der Waals surface area contributed by atoms with Crippen LogP contribution in [0.5, 0.6) is 0 Å². The SMILES string of the molecule is CC1(C)CC(C)(C)c2cc(-c3ccc(-c4nc(-c5ccccc5)nc(-c5ccccc5)n4)cn3)[c-]cc21.[Ir]. The van der Waals surface area contributed by atoms with Gasteiger partial charge in [-0.15, -0.1) is 34.9 Å². The molecule has 5 aromatic rings. The van der Waals surface area contributed by atoms with Gasteiger partial charge in [0.2, 0.25) is 0 Å². The van der Waals surface area contributed by atoms with E-state index in [1.54, 1.807) is 0 Å². The Balaban J connectivity index is 0.00000294. The molecule has 0 amide bonds. The minimum Gasteiger partial charge on any atom is -0.304 e. The second-order valence-electron chi connectivity index (χ2n) is 11.1. The number of rotatable bonds is 4. The van der Waals surface area contributed by atoms with Crippen molar-refractivity contribution in [3.63, 3.8) is 0 Å². The molecule has 2 heterocycles. The van der Waals surface area contributed by atoms with Crippen LogP contribution in [0.4, 0.5) is 0 Å². The summed E-state index contributed by atoms with van der Waals surface area (Å²) in [7, 11) is 0. The number of hydrogen-bond acceptors (Lipinski definition) is 4. The van der Waals surface area contributed by atoms with E-state index in [0.717, 1.165) is 34.4 Å². The molecule has 3 aromatic carbocycles. The van der Waals surface area contributed by atoms with Gasteiger partial charge in [-0.05, 0) is 22.9 Å². The maximum Gasteiger partial charge on any atom is 0.165 e. The first-order valence-electron chi connectivity index (χ1n) is 12.7. The zero-order valence-electron chi connectivity index (χ0n) is 22.0. The van der Waals surface area contributed by atoms with Crippen molar-refractivity contribution in [1.29, 1.82) is 0 Å². The number of fused-ring (bicyclic) bond motifs is 1. The van der Waals surface area contributed by atoms with Gasteiger partial charge < -0.3 is 4.98 Å². The minimum atomic E-state index is 0. The quantitative estimate of drug-likeness (QED) is 0.184. The van der Waals surface area contributed by atoms with E-state index in [1.165, 1.54) is 11.1 Å². The van der Waals surface area contributed by atoms with Gasteiger partial charge in [-0.25, -0.2) is 15.0 Å². The molecule has 38 heavy (non-hydrogen) atoms. The summed E-state index contributed by atoms with van der Waals surface area (Å²) in [6, 6.07) is 32.0. The van der Waals surface area contributed by atoms with Gasteiger partial charge in [-0.3, -0.25) is 0 Å². The molecule has 0 saturated carbocycles. The fourth-order valence-electron chi connectivity index (χ4n) is 5.68. The minimum absolute atomic E-state index is 0. The third-order valence-corrected chi connectivity index (χ3v) is 7.29. The fraction of sp³-hybridized carbons (Fsp3) is 0.212. The van der Waals surface area contributed by atoms with Crippen molar-refractivity contribution in [1.82, 2.24) is 19.9 Å². The normalized spacial score (nSPS) is 14.9. The van der Waals surface area contributed by atoms with Crippen molar-refractivity contribution >= 4 is 0 Å². The number of aromatic nitrogens is 4. The molecule has 191 valence electrons. The van der Waals surface area contributed by atoms with Crippen LogP contribution in [-0.2, 0) is 30.9 Å². The van der Waals surface area contributed by atoms with Gasteiger partial charge in [-0.1, -0.05) is 100 Å². The van der Waals surface area contributed by atoms with Crippen molar-refractivity contribution in [2.45, 2.75) is 44.9 Å². The topological polar surface area (TPSA) is 51.6 Å². The molecule has 0 atom stereocenters. The van der Waals surface area contributed by atoms with Gasteiger partial charge in [0.1, 0.15) is 0 Å². The molecule has 1 aliphatic rings. The maximum atomic E-state index is 4.81. The fourth-order valence-corrected chi connectivity index (χ4v) is 5.68. The van der Waals surface area contributed by atoms with E-state index in [-0.39, 0.29) is 30.9 Å². The Labute approximate surface area is 238 Å². The second-order valence-corrected chi connectivity index (χ2v) is 11.1. The molecule has 5 heteroatoms. The summed E-state index contributed by atoms with van der Waals surface area (Å²) >= 11 is 0. The molecule has 6 rings (SSSR count). The molecule has 0 aliphatic heterocycles. The summed E-state index contributed by atoms with van der Waals surface area (Å²) in [6.45, 7) is 9.30. The number of nitrogens with zero attached hydrogens (tertiary/aromatic N) is 4. The van der Waals surface area contributed by atoms with E-state index in [9.17, 15) is 0 Å². The van der Waals surface area contributed by atoms with E-state index < -0.39 is 0 Å². The van der Waals surface area contributed by atoms with Crippen LogP contribution >= 0.6 is 0 Å². The zero-order valence-corrected chi connectivity index (χ0v) is 24.4. The Bertz CT molecular complexity index is 1520. The smallest absolute Gasteiger partial charge is 0.165 e. The van der Waals surface area contributed by atoms with E-state index in [2.05, 4.69) is 45.9 Å². The number of benzene rings is 3.